The molecule has 2 aromatic carbocycles. The molecule has 1 amide bonds. The van der Waals surface area contributed by atoms with Gasteiger partial charge in [-0.25, -0.2) is 4.68 Å². The first kappa shape index (κ1) is 21.0. The number of aryl methyl sites for hydroxylation is 1. The topological polar surface area (TPSA) is 74.0 Å². The molecule has 31 heavy (non-hydrogen) atoms. The molecule has 0 unspecified atom stereocenters. The summed E-state index contributed by atoms with van der Waals surface area (Å²) in [6, 6.07) is 16.5. The fourth-order valence-corrected chi connectivity index (χ4v) is 3.32. The van der Waals surface area contributed by atoms with Crippen molar-refractivity contribution in [1.29, 1.82) is 0 Å². The number of nitrogens with one attached hydrogen (secondary N) is 1. The maximum absolute atomic E-state index is 12.5. The second-order valence-electron chi connectivity index (χ2n) is 6.93. The number of rotatable bonds is 7. The van der Waals surface area contributed by atoms with Crippen LogP contribution in [0.4, 0.5) is 5.82 Å². The zero-order chi connectivity index (χ0) is 21.8. The van der Waals surface area contributed by atoms with Gasteiger partial charge in [0, 0.05) is 23.5 Å². The number of hydrogen-bond acceptors (Lipinski definition) is 4. The average Bonchev–Trinajstić information content (AvgIpc) is 3.39. The van der Waals surface area contributed by atoms with Crippen molar-refractivity contribution in [2.75, 3.05) is 5.32 Å². The molecule has 0 aliphatic carbocycles. The Morgan fingerprint density at radius 3 is 2.55 bits per heavy atom. The Hall–Kier alpha value is -3.29. The summed E-state index contributed by atoms with van der Waals surface area (Å²) >= 11 is 12.0. The van der Waals surface area contributed by atoms with Crippen LogP contribution < -0.4 is 10.1 Å². The monoisotopic (exact) mass is 455 g/mol. The van der Waals surface area contributed by atoms with E-state index in [1.165, 1.54) is 10.2 Å². The van der Waals surface area contributed by atoms with E-state index in [-0.39, 0.29) is 18.3 Å². The zero-order valence-corrected chi connectivity index (χ0v) is 18.1. The lowest BCUT2D eigenvalue weighted by atomic mass is 10.1. The van der Waals surface area contributed by atoms with Crippen molar-refractivity contribution >= 4 is 34.9 Å². The highest BCUT2D eigenvalue weighted by Gasteiger charge is 2.12. The Labute approximate surface area is 189 Å². The fourth-order valence-electron chi connectivity index (χ4n) is 2.86. The predicted octanol–water partition coefficient (Wildman–Crippen LogP) is 5.03. The molecule has 7 nitrogen and oxygen atoms in total. The predicted molar refractivity (Wildman–Crippen MR) is 120 cm³/mol. The van der Waals surface area contributed by atoms with E-state index >= 15 is 0 Å². The molecule has 4 rings (SSSR count). The van der Waals surface area contributed by atoms with E-state index in [4.69, 9.17) is 27.9 Å². The summed E-state index contributed by atoms with van der Waals surface area (Å²) in [7, 11) is 0. The van der Waals surface area contributed by atoms with Gasteiger partial charge in [0.1, 0.15) is 5.75 Å². The number of aromatic nitrogens is 4. The second kappa shape index (κ2) is 9.24. The minimum Gasteiger partial charge on any atom is -0.470 e. The number of benzene rings is 2. The lowest BCUT2D eigenvalue weighted by molar-refractivity contribution is 0.101. The van der Waals surface area contributed by atoms with Crippen LogP contribution >= 0.6 is 23.2 Å². The molecule has 0 atom stereocenters. The molecule has 0 bridgehead atoms. The van der Waals surface area contributed by atoms with E-state index in [1.54, 1.807) is 41.2 Å². The van der Waals surface area contributed by atoms with Crippen LogP contribution in [0, 0.1) is 6.92 Å². The number of carbonyl (C=O) groups is 1. The molecule has 0 fully saturated rings. The highest BCUT2D eigenvalue weighted by molar-refractivity contribution is 6.35. The first-order chi connectivity index (χ1) is 15.0. The zero-order valence-electron chi connectivity index (χ0n) is 16.6. The normalized spacial score (nSPS) is 10.8. The van der Waals surface area contributed by atoms with E-state index in [1.807, 2.05) is 13.1 Å². The van der Waals surface area contributed by atoms with Gasteiger partial charge in [0.25, 0.3) is 5.91 Å². The van der Waals surface area contributed by atoms with Crippen LogP contribution in [0.25, 0.3) is 0 Å². The molecule has 4 aromatic rings. The average molecular weight is 456 g/mol. The SMILES string of the molecule is Cc1ccc(Cn2ccc(NC(=O)c3ccn(COc4ccc(Cl)cc4Cl)n3)n2)cc1. The van der Waals surface area contributed by atoms with Crippen LogP contribution in [0.3, 0.4) is 0 Å². The standard InChI is InChI=1S/C22H19Cl2N5O2/c1-15-2-4-16(5-3-15)13-28-11-9-21(27-28)25-22(30)19-8-10-29(26-19)14-31-20-7-6-17(23)12-18(20)24/h2-12H,13-14H2,1H3,(H,25,27,30). The Morgan fingerprint density at radius 2 is 1.77 bits per heavy atom. The number of halogens is 2. The van der Waals surface area contributed by atoms with E-state index in [0.717, 1.165) is 5.56 Å². The molecule has 0 radical (unpaired) electrons. The molecule has 2 aromatic heterocycles. The first-order valence-corrected chi connectivity index (χ1v) is 10.2. The van der Waals surface area contributed by atoms with Gasteiger partial charge < -0.3 is 10.1 Å². The summed E-state index contributed by atoms with van der Waals surface area (Å²) in [5.74, 6) is 0.575. The van der Waals surface area contributed by atoms with Gasteiger partial charge >= 0.3 is 0 Å². The smallest absolute Gasteiger partial charge is 0.277 e. The van der Waals surface area contributed by atoms with Crippen LogP contribution in [-0.2, 0) is 13.3 Å². The van der Waals surface area contributed by atoms with Crippen molar-refractivity contribution in [2.45, 2.75) is 20.2 Å². The molecular formula is C22H19Cl2N5O2. The molecule has 1 N–H and O–H groups in total. The van der Waals surface area contributed by atoms with E-state index in [9.17, 15) is 4.79 Å². The number of amides is 1. The summed E-state index contributed by atoms with van der Waals surface area (Å²) in [5.41, 5.74) is 2.59. The molecule has 0 saturated heterocycles. The number of anilines is 1. The third-order valence-electron chi connectivity index (χ3n) is 4.47. The van der Waals surface area contributed by atoms with Crippen LogP contribution in [0.15, 0.2) is 67.0 Å². The lowest BCUT2D eigenvalue weighted by Gasteiger charge is -2.08. The van der Waals surface area contributed by atoms with Gasteiger partial charge in [-0.2, -0.15) is 10.2 Å². The van der Waals surface area contributed by atoms with Crippen molar-refractivity contribution < 1.29 is 9.53 Å². The highest BCUT2D eigenvalue weighted by Crippen LogP contribution is 2.27. The number of ether oxygens (including phenoxy) is 1. The molecular weight excluding hydrogens is 437 g/mol. The maximum Gasteiger partial charge on any atom is 0.277 e. The summed E-state index contributed by atoms with van der Waals surface area (Å²) < 4.78 is 8.88. The molecule has 0 spiro atoms. The number of carbonyl (C=O) groups excluding carboxylic acids is 1. The van der Waals surface area contributed by atoms with Gasteiger partial charge in [-0.1, -0.05) is 53.0 Å². The van der Waals surface area contributed by atoms with Gasteiger partial charge in [-0.3, -0.25) is 9.48 Å². The lowest BCUT2D eigenvalue weighted by Crippen LogP contribution is -2.15. The number of hydrogen-bond donors (Lipinski definition) is 1. The van der Waals surface area contributed by atoms with Gasteiger partial charge in [0.05, 0.1) is 11.6 Å². The molecule has 2 heterocycles. The summed E-state index contributed by atoms with van der Waals surface area (Å²) in [4.78, 5) is 12.5. The Kier molecular flexibility index (Phi) is 6.25. The third kappa shape index (κ3) is 5.45. The van der Waals surface area contributed by atoms with Crippen molar-refractivity contribution in [3.05, 3.63) is 93.9 Å². The Bertz CT molecular complexity index is 1200. The molecule has 9 heteroatoms. The third-order valence-corrected chi connectivity index (χ3v) is 5.00. The minimum atomic E-state index is -0.358. The van der Waals surface area contributed by atoms with Gasteiger partial charge in [0.2, 0.25) is 0 Å². The van der Waals surface area contributed by atoms with Crippen molar-refractivity contribution in [3.8, 4) is 5.75 Å². The highest BCUT2D eigenvalue weighted by atomic mass is 35.5. The quantitative estimate of drug-likeness (QED) is 0.423. The van der Waals surface area contributed by atoms with Crippen molar-refractivity contribution in [3.63, 3.8) is 0 Å². The van der Waals surface area contributed by atoms with Gasteiger partial charge in [-0.05, 0) is 36.8 Å². The summed E-state index contributed by atoms with van der Waals surface area (Å²) in [5, 5.41) is 12.3. The number of nitrogens with zero attached hydrogens (tertiary/aromatic N) is 4. The minimum absolute atomic E-state index is 0.0970. The largest absolute Gasteiger partial charge is 0.470 e. The van der Waals surface area contributed by atoms with Crippen LogP contribution in [0.5, 0.6) is 5.75 Å². The van der Waals surface area contributed by atoms with Gasteiger partial charge in [-0.15, -0.1) is 0 Å². The van der Waals surface area contributed by atoms with Crippen LogP contribution in [0.2, 0.25) is 10.0 Å². The van der Waals surface area contributed by atoms with Gasteiger partial charge in [0.15, 0.2) is 18.2 Å². The van der Waals surface area contributed by atoms with E-state index in [2.05, 4.69) is 39.8 Å². The summed E-state index contributed by atoms with van der Waals surface area (Å²) in [6.45, 7) is 2.76. The molecule has 158 valence electrons. The van der Waals surface area contributed by atoms with Crippen molar-refractivity contribution in [2.24, 2.45) is 0 Å². The molecule has 0 saturated carbocycles. The second-order valence-corrected chi connectivity index (χ2v) is 7.77. The summed E-state index contributed by atoms with van der Waals surface area (Å²) in [6.07, 6.45) is 3.46. The van der Waals surface area contributed by atoms with E-state index in [0.29, 0.717) is 28.2 Å². The Balaban J connectivity index is 1.33. The molecule has 0 aliphatic rings. The first-order valence-electron chi connectivity index (χ1n) is 9.48. The molecule has 0 aliphatic heterocycles. The van der Waals surface area contributed by atoms with E-state index < -0.39 is 0 Å². The van der Waals surface area contributed by atoms with Crippen molar-refractivity contribution in [1.82, 2.24) is 19.6 Å². The maximum atomic E-state index is 12.5. The van der Waals surface area contributed by atoms with Crippen LogP contribution in [-0.4, -0.2) is 25.5 Å². The van der Waals surface area contributed by atoms with Crippen LogP contribution in [0.1, 0.15) is 21.6 Å². The Morgan fingerprint density at radius 1 is 1.00 bits per heavy atom. The fraction of sp³-hybridized carbons (Fsp3) is 0.136.